The van der Waals surface area contributed by atoms with E-state index in [1.807, 2.05) is 32.0 Å². The number of nitrogens with one attached hydrogen (secondary N) is 2. The molecule has 1 heterocycles. The maximum absolute atomic E-state index is 12.1. The SMILES string of the molecule is Cc1ccc(C)c(CS(=O)(=O)NCC(=O)NCc2ccncc2)c1. The lowest BCUT2D eigenvalue weighted by Crippen LogP contribution is -2.37. The molecule has 1 amide bonds. The highest BCUT2D eigenvalue weighted by Gasteiger charge is 2.15. The third-order valence-corrected chi connectivity index (χ3v) is 4.82. The lowest BCUT2D eigenvalue weighted by molar-refractivity contribution is -0.120. The number of benzene rings is 1. The predicted molar refractivity (Wildman–Crippen MR) is 92.6 cm³/mol. The van der Waals surface area contributed by atoms with Crippen LogP contribution in [0.4, 0.5) is 0 Å². The summed E-state index contributed by atoms with van der Waals surface area (Å²) in [5, 5.41) is 2.66. The second kappa shape index (κ2) is 8.03. The highest BCUT2D eigenvalue weighted by Crippen LogP contribution is 2.13. The van der Waals surface area contributed by atoms with Gasteiger partial charge in [0, 0.05) is 18.9 Å². The van der Waals surface area contributed by atoms with E-state index in [1.54, 1.807) is 24.5 Å². The standard InChI is InChI=1S/C17H21N3O3S/c1-13-3-4-14(2)16(9-13)12-24(22,23)20-11-17(21)19-10-15-5-7-18-8-6-15/h3-9,20H,10-12H2,1-2H3,(H,19,21). The van der Waals surface area contributed by atoms with Crippen molar-refractivity contribution < 1.29 is 13.2 Å². The Morgan fingerprint density at radius 2 is 1.83 bits per heavy atom. The van der Waals surface area contributed by atoms with Gasteiger partial charge in [0.15, 0.2) is 0 Å². The number of carbonyl (C=O) groups is 1. The lowest BCUT2D eigenvalue weighted by atomic mass is 10.1. The maximum atomic E-state index is 12.1. The lowest BCUT2D eigenvalue weighted by Gasteiger charge is -2.10. The normalized spacial score (nSPS) is 11.2. The molecule has 1 aromatic heterocycles. The average molecular weight is 347 g/mol. The fourth-order valence-electron chi connectivity index (χ4n) is 2.15. The minimum atomic E-state index is -3.57. The Morgan fingerprint density at radius 1 is 1.12 bits per heavy atom. The van der Waals surface area contributed by atoms with Crippen LogP contribution in [0.1, 0.15) is 22.3 Å². The van der Waals surface area contributed by atoms with E-state index in [4.69, 9.17) is 0 Å². The van der Waals surface area contributed by atoms with Gasteiger partial charge in [0.25, 0.3) is 0 Å². The van der Waals surface area contributed by atoms with Crippen LogP contribution in [0.5, 0.6) is 0 Å². The second-order valence-electron chi connectivity index (χ2n) is 5.64. The number of rotatable bonds is 7. The Balaban J connectivity index is 1.85. The van der Waals surface area contributed by atoms with Crippen LogP contribution in [0, 0.1) is 13.8 Å². The summed E-state index contributed by atoms with van der Waals surface area (Å²) >= 11 is 0. The Hall–Kier alpha value is -2.25. The van der Waals surface area contributed by atoms with Crippen molar-refractivity contribution in [1.82, 2.24) is 15.0 Å². The molecule has 0 aliphatic rings. The van der Waals surface area contributed by atoms with Gasteiger partial charge in [0.05, 0.1) is 12.3 Å². The maximum Gasteiger partial charge on any atom is 0.235 e. The highest BCUT2D eigenvalue weighted by molar-refractivity contribution is 7.88. The van der Waals surface area contributed by atoms with E-state index in [2.05, 4.69) is 15.0 Å². The van der Waals surface area contributed by atoms with Gasteiger partial charge in [-0.2, -0.15) is 0 Å². The van der Waals surface area contributed by atoms with Crippen LogP contribution in [0.2, 0.25) is 0 Å². The van der Waals surface area contributed by atoms with Crippen LogP contribution >= 0.6 is 0 Å². The highest BCUT2D eigenvalue weighted by atomic mass is 32.2. The number of sulfonamides is 1. The summed E-state index contributed by atoms with van der Waals surface area (Å²) in [6.07, 6.45) is 3.27. The fraction of sp³-hybridized carbons (Fsp3) is 0.294. The van der Waals surface area contributed by atoms with Crippen LogP contribution < -0.4 is 10.0 Å². The Morgan fingerprint density at radius 3 is 2.54 bits per heavy atom. The van der Waals surface area contributed by atoms with E-state index in [0.29, 0.717) is 6.54 Å². The van der Waals surface area contributed by atoms with Gasteiger partial charge < -0.3 is 5.32 Å². The van der Waals surface area contributed by atoms with Gasteiger partial charge in [-0.05, 0) is 42.7 Å². The molecule has 0 saturated carbocycles. The second-order valence-corrected chi connectivity index (χ2v) is 7.45. The van der Waals surface area contributed by atoms with Gasteiger partial charge in [-0.3, -0.25) is 9.78 Å². The molecule has 1 aromatic carbocycles. The molecule has 0 bridgehead atoms. The Kier molecular flexibility index (Phi) is 6.05. The van der Waals surface area contributed by atoms with Crippen LogP contribution in [0.15, 0.2) is 42.7 Å². The van der Waals surface area contributed by atoms with E-state index in [0.717, 1.165) is 22.3 Å². The summed E-state index contributed by atoms with van der Waals surface area (Å²) in [6, 6.07) is 9.24. The van der Waals surface area contributed by atoms with Crippen molar-refractivity contribution in [2.45, 2.75) is 26.1 Å². The fourth-order valence-corrected chi connectivity index (χ4v) is 3.32. The zero-order chi connectivity index (χ0) is 17.6. The molecule has 128 valence electrons. The number of amides is 1. The minimum absolute atomic E-state index is 0.141. The molecule has 0 aliphatic carbocycles. The first-order valence-electron chi connectivity index (χ1n) is 7.55. The molecule has 24 heavy (non-hydrogen) atoms. The summed E-state index contributed by atoms with van der Waals surface area (Å²) in [7, 11) is -3.57. The predicted octanol–water partition coefficient (Wildman–Crippen LogP) is 1.43. The van der Waals surface area contributed by atoms with Crippen LogP contribution in [0.3, 0.4) is 0 Å². The van der Waals surface area contributed by atoms with E-state index < -0.39 is 10.0 Å². The largest absolute Gasteiger partial charge is 0.351 e. The summed E-state index contributed by atoms with van der Waals surface area (Å²) in [4.78, 5) is 15.7. The zero-order valence-electron chi connectivity index (χ0n) is 13.7. The first-order valence-corrected chi connectivity index (χ1v) is 9.20. The van der Waals surface area contributed by atoms with E-state index in [1.165, 1.54) is 0 Å². The molecule has 0 aliphatic heterocycles. The molecule has 0 fully saturated rings. The van der Waals surface area contributed by atoms with Crippen LogP contribution in [-0.2, 0) is 27.1 Å². The van der Waals surface area contributed by atoms with Gasteiger partial charge in [0.2, 0.25) is 15.9 Å². The Bertz CT molecular complexity index is 805. The van der Waals surface area contributed by atoms with Crippen molar-refractivity contribution >= 4 is 15.9 Å². The zero-order valence-corrected chi connectivity index (χ0v) is 14.6. The van der Waals surface area contributed by atoms with E-state index >= 15 is 0 Å². The number of aromatic nitrogens is 1. The topological polar surface area (TPSA) is 88.2 Å². The van der Waals surface area contributed by atoms with E-state index in [-0.39, 0.29) is 18.2 Å². The Labute approximate surface area is 142 Å². The average Bonchev–Trinajstić information content (AvgIpc) is 2.55. The van der Waals surface area contributed by atoms with Gasteiger partial charge in [-0.1, -0.05) is 23.8 Å². The number of hydrogen-bond acceptors (Lipinski definition) is 4. The molecule has 2 aromatic rings. The first kappa shape index (κ1) is 18.1. The summed E-state index contributed by atoms with van der Waals surface area (Å²) in [5.74, 6) is -0.519. The molecular weight excluding hydrogens is 326 g/mol. The molecule has 0 atom stereocenters. The van der Waals surface area contributed by atoms with Gasteiger partial charge in [-0.15, -0.1) is 0 Å². The molecule has 2 rings (SSSR count). The molecule has 2 N–H and O–H groups in total. The van der Waals surface area contributed by atoms with Crippen molar-refractivity contribution in [1.29, 1.82) is 0 Å². The number of pyridine rings is 1. The molecule has 0 unspecified atom stereocenters. The molecular formula is C17H21N3O3S. The number of aryl methyl sites for hydroxylation is 2. The van der Waals surface area contributed by atoms with Crippen molar-refractivity contribution in [3.05, 3.63) is 65.0 Å². The van der Waals surface area contributed by atoms with Crippen molar-refractivity contribution in [3.63, 3.8) is 0 Å². The van der Waals surface area contributed by atoms with Crippen LogP contribution in [-0.4, -0.2) is 25.9 Å². The first-order chi connectivity index (χ1) is 11.4. The third-order valence-electron chi connectivity index (χ3n) is 3.54. The molecule has 0 saturated heterocycles. The smallest absolute Gasteiger partial charge is 0.235 e. The van der Waals surface area contributed by atoms with Gasteiger partial charge in [0.1, 0.15) is 0 Å². The van der Waals surface area contributed by atoms with Gasteiger partial charge in [-0.25, -0.2) is 13.1 Å². The van der Waals surface area contributed by atoms with Crippen molar-refractivity contribution in [2.75, 3.05) is 6.54 Å². The summed E-state index contributed by atoms with van der Waals surface area (Å²) in [6.45, 7) is 3.83. The summed E-state index contributed by atoms with van der Waals surface area (Å²) in [5.41, 5.74) is 3.55. The van der Waals surface area contributed by atoms with Crippen LogP contribution in [0.25, 0.3) is 0 Å². The summed E-state index contributed by atoms with van der Waals surface area (Å²) < 4.78 is 26.6. The number of hydrogen-bond donors (Lipinski definition) is 2. The quantitative estimate of drug-likeness (QED) is 0.793. The van der Waals surface area contributed by atoms with Crippen molar-refractivity contribution in [3.8, 4) is 0 Å². The molecule has 6 nitrogen and oxygen atoms in total. The van der Waals surface area contributed by atoms with Crippen molar-refractivity contribution in [2.24, 2.45) is 0 Å². The molecule has 0 radical (unpaired) electrons. The number of nitrogens with zero attached hydrogens (tertiary/aromatic N) is 1. The third kappa shape index (κ3) is 5.75. The van der Waals surface area contributed by atoms with E-state index in [9.17, 15) is 13.2 Å². The molecule has 0 spiro atoms. The monoisotopic (exact) mass is 347 g/mol. The van der Waals surface area contributed by atoms with Gasteiger partial charge >= 0.3 is 0 Å². The number of carbonyl (C=O) groups excluding carboxylic acids is 1. The minimum Gasteiger partial charge on any atom is -0.351 e. The molecule has 7 heteroatoms.